The van der Waals surface area contributed by atoms with Gasteiger partial charge in [-0.25, -0.2) is 4.79 Å². The molecule has 2 unspecified atom stereocenters. The summed E-state index contributed by atoms with van der Waals surface area (Å²) < 4.78 is 17.0. The molecule has 1 aromatic rings. The number of likely N-dealkylation sites (tertiary alicyclic amines) is 1. The summed E-state index contributed by atoms with van der Waals surface area (Å²) in [7, 11) is 1.44. The third-order valence-electron chi connectivity index (χ3n) is 7.47. The van der Waals surface area contributed by atoms with E-state index in [-0.39, 0.29) is 35.9 Å². The van der Waals surface area contributed by atoms with E-state index in [4.69, 9.17) is 14.2 Å². The second-order valence-electron chi connectivity index (χ2n) is 11.2. The second-order valence-corrected chi connectivity index (χ2v) is 11.2. The zero-order valence-corrected chi connectivity index (χ0v) is 21.1. The molecule has 0 bridgehead atoms. The van der Waals surface area contributed by atoms with Crippen molar-refractivity contribution in [1.29, 1.82) is 0 Å². The Labute approximate surface area is 202 Å². The number of carbonyl (C=O) groups is 2. The summed E-state index contributed by atoms with van der Waals surface area (Å²) in [6, 6.07) is 6.02. The Morgan fingerprint density at radius 3 is 2.41 bits per heavy atom. The van der Waals surface area contributed by atoms with Gasteiger partial charge in [-0.2, -0.15) is 0 Å². The molecule has 0 radical (unpaired) electrons. The number of carbonyl (C=O) groups excluding carboxylic acids is 2. The van der Waals surface area contributed by atoms with Crippen molar-refractivity contribution in [3.8, 4) is 5.75 Å². The quantitative estimate of drug-likeness (QED) is 0.617. The molecular formula is C27H39NO6. The van der Waals surface area contributed by atoms with Crippen LogP contribution in [0, 0.1) is 17.8 Å². The first-order chi connectivity index (χ1) is 16.1. The number of piperidine rings is 1. The van der Waals surface area contributed by atoms with Crippen LogP contribution >= 0.6 is 0 Å². The number of fused-ring (bicyclic) bond motifs is 1. The van der Waals surface area contributed by atoms with E-state index >= 15 is 0 Å². The molecule has 34 heavy (non-hydrogen) atoms. The Kier molecular flexibility index (Phi) is 7.13. The van der Waals surface area contributed by atoms with Crippen molar-refractivity contribution >= 4 is 12.1 Å². The third kappa shape index (κ3) is 5.51. The van der Waals surface area contributed by atoms with Gasteiger partial charge in [-0.15, -0.1) is 0 Å². The molecule has 1 amide bonds. The van der Waals surface area contributed by atoms with Gasteiger partial charge in [0, 0.05) is 25.1 Å². The van der Waals surface area contributed by atoms with Crippen LogP contribution in [0.25, 0.3) is 0 Å². The highest BCUT2D eigenvalue weighted by Gasteiger charge is 2.41. The normalized spacial score (nSPS) is 25.1. The average molecular weight is 474 g/mol. The molecule has 4 rings (SSSR count). The van der Waals surface area contributed by atoms with Gasteiger partial charge in [-0.05, 0) is 75.8 Å². The number of hydrogen-bond donors (Lipinski definition) is 1. The lowest BCUT2D eigenvalue weighted by molar-refractivity contribution is -0.145. The molecule has 188 valence electrons. The van der Waals surface area contributed by atoms with E-state index in [0.29, 0.717) is 25.4 Å². The first kappa shape index (κ1) is 24.8. The van der Waals surface area contributed by atoms with Gasteiger partial charge in [0.2, 0.25) is 0 Å². The second kappa shape index (κ2) is 9.76. The van der Waals surface area contributed by atoms with Gasteiger partial charge >= 0.3 is 12.1 Å². The number of esters is 1. The molecule has 1 saturated carbocycles. The van der Waals surface area contributed by atoms with Crippen molar-refractivity contribution in [2.75, 3.05) is 20.2 Å². The fourth-order valence-corrected chi connectivity index (χ4v) is 5.52. The van der Waals surface area contributed by atoms with E-state index in [0.717, 1.165) is 42.6 Å². The first-order valence-electron chi connectivity index (χ1n) is 12.6. The third-order valence-corrected chi connectivity index (χ3v) is 7.47. The van der Waals surface area contributed by atoms with Crippen LogP contribution in [0.4, 0.5) is 4.79 Å². The molecule has 1 N–H and O–H groups in total. The van der Waals surface area contributed by atoms with E-state index < -0.39 is 11.7 Å². The van der Waals surface area contributed by atoms with Gasteiger partial charge in [-0.1, -0.05) is 19.1 Å². The summed E-state index contributed by atoms with van der Waals surface area (Å²) in [5.41, 5.74) is 1.38. The molecule has 3 aliphatic rings. The van der Waals surface area contributed by atoms with Crippen LogP contribution < -0.4 is 4.74 Å². The van der Waals surface area contributed by atoms with Crippen molar-refractivity contribution in [1.82, 2.24) is 4.90 Å². The predicted octanol–water partition coefficient (Wildman–Crippen LogP) is 4.82. The largest absolute Gasteiger partial charge is 0.490 e. The van der Waals surface area contributed by atoms with E-state index in [1.54, 1.807) is 4.90 Å². The molecule has 1 saturated heterocycles. The van der Waals surface area contributed by atoms with Crippen molar-refractivity contribution in [3.05, 3.63) is 29.3 Å². The number of nitrogens with zero attached hydrogens (tertiary/aromatic N) is 1. The molecule has 7 nitrogen and oxygen atoms in total. The summed E-state index contributed by atoms with van der Waals surface area (Å²) in [6.07, 6.45) is 3.47. The molecule has 1 aromatic carbocycles. The highest BCUT2D eigenvalue weighted by molar-refractivity contribution is 5.73. The van der Waals surface area contributed by atoms with Gasteiger partial charge in [-0.3, -0.25) is 4.79 Å². The summed E-state index contributed by atoms with van der Waals surface area (Å²) in [4.78, 5) is 26.4. The van der Waals surface area contributed by atoms with E-state index in [2.05, 4.69) is 0 Å². The van der Waals surface area contributed by atoms with Gasteiger partial charge in [0.05, 0.1) is 19.1 Å². The molecule has 2 fully saturated rings. The van der Waals surface area contributed by atoms with Gasteiger partial charge in [0.15, 0.2) is 0 Å². The monoisotopic (exact) mass is 473 g/mol. The molecule has 0 aromatic heterocycles. The van der Waals surface area contributed by atoms with E-state index in [1.165, 1.54) is 7.11 Å². The summed E-state index contributed by atoms with van der Waals surface area (Å²) >= 11 is 0. The maximum absolute atomic E-state index is 12.4. The molecule has 7 heteroatoms. The number of aliphatic hydroxyl groups is 1. The zero-order chi connectivity index (χ0) is 24.6. The molecule has 0 spiro atoms. The van der Waals surface area contributed by atoms with Crippen molar-refractivity contribution in [3.63, 3.8) is 0 Å². The van der Waals surface area contributed by atoms with Crippen LogP contribution in [0.1, 0.15) is 82.9 Å². The molecule has 2 heterocycles. The Bertz CT molecular complexity index is 897. The highest BCUT2D eigenvalue weighted by atomic mass is 16.6. The number of amides is 1. The zero-order valence-electron chi connectivity index (χ0n) is 21.1. The number of hydrogen-bond acceptors (Lipinski definition) is 6. The van der Waals surface area contributed by atoms with E-state index in [9.17, 15) is 14.7 Å². The van der Waals surface area contributed by atoms with Crippen LogP contribution in [-0.4, -0.2) is 54.0 Å². The van der Waals surface area contributed by atoms with Crippen molar-refractivity contribution in [2.24, 2.45) is 17.8 Å². The molecular weight excluding hydrogens is 434 g/mol. The Morgan fingerprint density at radius 2 is 1.82 bits per heavy atom. The highest BCUT2D eigenvalue weighted by Crippen LogP contribution is 2.49. The van der Waals surface area contributed by atoms with Crippen LogP contribution in [-0.2, 0) is 14.3 Å². The van der Waals surface area contributed by atoms with Gasteiger partial charge in [0.1, 0.15) is 17.5 Å². The van der Waals surface area contributed by atoms with Crippen molar-refractivity contribution in [2.45, 2.75) is 83.5 Å². The lowest BCUT2D eigenvalue weighted by Crippen LogP contribution is -2.45. The Hall–Kier alpha value is -2.28. The Morgan fingerprint density at radius 1 is 1.15 bits per heavy atom. The summed E-state index contributed by atoms with van der Waals surface area (Å²) in [6.45, 7) is 8.82. The fraction of sp³-hybridized carbons (Fsp3) is 0.704. The van der Waals surface area contributed by atoms with Crippen LogP contribution in [0.3, 0.4) is 0 Å². The molecule has 1 aliphatic carbocycles. The minimum Gasteiger partial charge on any atom is -0.490 e. The maximum Gasteiger partial charge on any atom is 0.410 e. The first-order valence-corrected chi connectivity index (χ1v) is 12.6. The van der Waals surface area contributed by atoms with Crippen LogP contribution in [0.5, 0.6) is 5.75 Å². The number of ether oxygens (including phenoxy) is 3. The minimum absolute atomic E-state index is 0.0935. The lowest BCUT2D eigenvalue weighted by atomic mass is 9.81. The standard InChI is InChI=1S/C27H39NO6/c1-16(25(30)32-5)24(18-6-7-18)19-8-9-20-21(29)15-22(33-23(20)14-19)17-10-12-28(13-11-17)26(31)34-27(2,3)4/h8-9,14,16-18,21-22,24,29H,6-7,10-13,15H2,1-5H3/t16-,21?,22?,24-/m0/s1. The number of benzene rings is 1. The van der Waals surface area contributed by atoms with Crippen LogP contribution in [0.15, 0.2) is 18.2 Å². The number of methoxy groups -OCH3 is 1. The lowest BCUT2D eigenvalue weighted by Gasteiger charge is -2.39. The summed E-state index contributed by atoms with van der Waals surface area (Å²) in [5.74, 6) is 1.14. The molecule has 2 aliphatic heterocycles. The predicted molar refractivity (Wildman–Crippen MR) is 128 cm³/mol. The number of rotatable bonds is 5. The topological polar surface area (TPSA) is 85.3 Å². The average Bonchev–Trinajstić information content (AvgIpc) is 3.62. The molecule has 4 atom stereocenters. The smallest absolute Gasteiger partial charge is 0.410 e. The fourth-order valence-electron chi connectivity index (χ4n) is 5.52. The van der Waals surface area contributed by atoms with Gasteiger partial charge in [0.25, 0.3) is 0 Å². The summed E-state index contributed by atoms with van der Waals surface area (Å²) in [5, 5.41) is 10.9. The SMILES string of the molecule is COC(=O)[C@@H](C)[C@H](c1ccc2c(c1)OC(C1CCN(C(=O)OC(C)(C)C)CC1)CC2O)C1CC1. The minimum atomic E-state index is -0.580. The Balaban J connectivity index is 1.45. The number of aliphatic hydroxyl groups excluding tert-OH is 1. The van der Waals surface area contributed by atoms with Crippen molar-refractivity contribution < 1.29 is 28.9 Å². The maximum atomic E-state index is 12.4. The van der Waals surface area contributed by atoms with E-state index in [1.807, 2.05) is 45.9 Å². The van der Waals surface area contributed by atoms with Crippen LogP contribution in [0.2, 0.25) is 0 Å². The van der Waals surface area contributed by atoms with Gasteiger partial charge < -0.3 is 24.2 Å².